The number of rotatable bonds is 3. The molecule has 3 N–H and O–H groups in total. The van der Waals surface area contributed by atoms with E-state index in [-0.39, 0.29) is 11.6 Å². The van der Waals surface area contributed by atoms with Crippen LogP contribution in [-0.2, 0) is 0 Å². The van der Waals surface area contributed by atoms with Crippen LogP contribution in [0.1, 0.15) is 33.6 Å². The second-order valence-corrected chi connectivity index (χ2v) is 5.83. The molecular formula is C14H21N3O. The van der Waals surface area contributed by atoms with Crippen LogP contribution in [0, 0.1) is 0 Å². The lowest BCUT2D eigenvalue weighted by molar-refractivity contribution is 0.251. The van der Waals surface area contributed by atoms with E-state index >= 15 is 0 Å². The fraction of sp³-hybridized carbons (Fsp3) is 0.500. The molecule has 0 unspecified atom stereocenters. The fourth-order valence-corrected chi connectivity index (χ4v) is 1.65. The molecule has 0 saturated heterocycles. The van der Waals surface area contributed by atoms with E-state index < -0.39 is 0 Å². The molecule has 1 aromatic rings. The molecule has 0 aromatic heterocycles. The third kappa shape index (κ3) is 4.28. The van der Waals surface area contributed by atoms with Gasteiger partial charge in [-0.1, -0.05) is 0 Å². The molecule has 1 saturated carbocycles. The summed E-state index contributed by atoms with van der Waals surface area (Å²) in [6, 6.07) is 8.01. The average molecular weight is 247 g/mol. The van der Waals surface area contributed by atoms with E-state index in [0.29, 0.717) is 6.04 Å². The SMILES string of the molecule is CC(C)(C)Nc1ccc(NC(=O)NC2CC2)cc1. The van der Waals surface area contributed by atoms with Crippen LogP contribution in [0.15, 0.2) is 24.3 Å². The Morgan fingerprint density at radius 1 is 1.11 bits per heavy atom. The standard InChI is InChI=1S/C14H21N3O/c1-14(2,3)17-12-8-6-11(7-9-12)16-13(18)15-10-4-5-10/h6-10,17H,4-5H2,1-3H3,(H2,15,16,18). The molecule has 0 aliphatic heterocycles. The van der Waals surface area contributed by atoms with Gasteiger partial charge in [-0.05, 0) is 57.9 Å². The van der Waals surface area contributed by atoms with E-state index in [9.17, 15) is 4.79 Å². The van der Waals surface area contributed by atoms with Crippen molar-refractivity contribution >= 4 is 17.4 Å². The molecule has 4 nitrogen and oxygen atoms in total. The largest absolute Gasteiger partial charge is 0.380 e. The maximum absolute atomic E-state index is 11.5. The van der Waals surface area contributed by atoms with Gasteiger partial charge in [-0.3, -0.25) is 0 Å². The predicted molar refractivity (Wildman–Crippen MR) is 75.0 cm³/mol. The van der Waals surface area contributed by atoms with Crippen molar-refractivity contribution in [1.82, 2.24) is 5.32 Å². The molecule has 98 valence electrons. The number of hydrogen-bond acceptors (Lipinski definition) is 2. The smallest absolute Gasteiger partial charge is 0.319 e. The van der Waals surface area contributed by atoms with E-state index in [1.54, 1.807) is 0 Å². The first-order valence-electron chi connectivity index (χ1n) is 6.38. The highest BCUT2D eigenvalue weighted by atomic mass is 16.2. The zero-order chi connectivity index (χ0) is 13.2. The van der Waals surface area contributed by atoms with Gasteiger partial charge < -0.3 is 16.0 Å². The Kier molecular flexibility index (Phi) is 3.45. The lowest BCUT2D eigenvalue weighted by atomic mass is 10.1. The van der Waals surface area contributed by atoms with Crippen molar-refractivity contribution < 1.29 is 4.79 Å². The summed E-state index contributed by atoms with van der Waals surface area (Å²) in [6.07, 6.45) is 2.20. The Bertz CT molecular complexity index is 416. The summed E-state index contributed by atoms with van der Waals surface area (Å²) >= 11 is 0. The second-order valence-electron chi connectivity index (χ2n) is 5.83. The fourth-order valence-electron chi connectivity index (χ4n) is 1.65. The molecule has 1 aromatic carbocycles. The molecule has 2 amide bonds. The Hall–Kier alpha value is -1.71. The van der Waals surface area contributed by atoms with E-state index in [2.05, 4.69) is 36.7 Å². The van der Waals surface area contributed by atoms with Gasteiger partial charge >= 0.3 is 6.03 Å². The van der Waals surface area contributed by atoms with Gasteiger partial charge in [-0.15, -0.1) is 0 Å². The van der Waals surface area contributed by atoms with Gasteiger partial charge in [0.2, 0.25) is 0 Å². The van der Waals surface area contributed by atoms with Crippen LogP contribution in [0.3, 0.4) is 0 Å². The molecule has 1 fully saturated rings. The number of nitrogens with one attached hydrogen (secondary N) is 3. The molecule has 0 spiro atoms. The summed E-state index contributed by atoms with van der Waals surface area (Å²) in [6.45, 7) is 6.34. The average Bonchev–Trinajstić information content (AvgIpc) is 3.02. The van der Waals surface area contributed by atoms with Crippen LogP contribution >= 0.6 is 0 Å². The minimum Gasteiger partial charge on any atom is -0.380 e. The van der Waals surface area contributed by atoms with Gasteiger partial charge in [0.05, 0.1) is 0 Å². The van der Waals surface area contributed by atoms with Crippen LogP contribution in [0.25, 0.3) is 0 Å². The van der Waals surface area contributed by atoms with Crippen LogP contribution in [0.2, 0.25) is 0 Å². The maximum atomic E-state index is 11.5. The Morgan fingerprint density at radius 3 is 2.17 bits per heavy atom. The second kappa shape index (κ2) is 4.88. The monoisotopic (exact) mass is 247 g/mol. The quantitative estimate of drug-likeness (QED) is 0.768. The van der Waals surface area contributed by atoms with Crippen molar-refractivity contribution in [3.05, 3.63) is 24.3 Å². The highest BCUT2D eigenvalue weighted by Crippen LogP contribution is 2.20. The zero-order valence-electron chi connectivity index (χ0n) is 11.2. The highest BCUT2D eigenvalue weighted by molar-refractivity contribution is 5.89. The molecule has 0 heterocycles. The number of carbonyl (C=O) groups is 1. The Morgan fingerprint density at radius 2 is 1.67 bits per heavy atom. The first-order valence-corrected chi connectivity index (χ1v) is 6.38. The number of urea groups is 1. The van der Waals surface area contributed by atoms with Crippen LogP contribution in [0.4, 0.5) is 16.2 Å². The Balaban J connectivity index is 1.88. The van der Waals surface area contributed by atoms with Crippen LogP contribution in [0.5, 0.6) is 0 Å². The summed E-state index contributed by atoms with van der Waals surface area (Å²) in [4.78, 5) is 11.5. The molecule has 2 rings (SSSR count). The molecule has 4 heteroatoms. The van der Waals surface area contributed by atoms with Gasteiger partial charge in [0.25, 0.3) is 0 Å². The van der Waals surface area contributed by atoms with Gasteiger partial charge in [0.15, 0.2) is 0 Å². The molecule has 1 aliphatic rings. The molecular weight excluding hydrogens is 226 g/mol. The minimum atomic E-state index is -0.117. The molecule has 0 bridgehead atoms. The summed E-state index contributed by atoms with van der Waals surface area (Å²) < 4.78 is 0. The van der Waals surface area contributed by atoms with Crippen molar-refractivity contribution in [2.24, 2.45) is 0 Å². The van der Waals surface area contributed by atoms with E-state index in [4.69, 9.17) is 0 Å². The van der Waals surface area contributed by atoms with Gasteiger partial charge in [0, 0.05) is 23.0 Å². The van der Waals surface area contributed by atoms with Crippen molar-refractivity contribution in [3.63, 3.8) is 0 Å². The number of benzene rings is 1. The lowest BCUT2D eigenvalue weighted by Gasteiger charge is -2.22. The summed E-state index contributed by atoms with van der Waals surface area (Å²) in [5.41, 5.74) is 1.90. The number of anilines is 2. The number of carbonyl (C=O) groups excluding carboxylic acids is 1. The third-order valence-electron chi connectivity index (χ3n) is 2.57. The third-order valence-corrected chi connectivity index (χ3v) is 2.57. The lowest BCUT2D eigenvalue weighted by Crippen LogP contribution is -2.30. The predicted octanol–water partition coefficient (Wildman–Crippen LogP) is 3.18. The molecule has 1 aliphatic carbocycles. The number of amides is 2. The highest BCUT2D eigenvalue weighted by Gasteiger charge is 2.23. The van der Waals surface area contributed by atoms with E-state index in [1.165, 1.54) is 0 Å². The summed E-state index contributed by atoms with van der Waals surface area (Å²) in [5.74, 6) is 0. The first kappa shape index (κ1) is 12.7. The zero-order valence-corrected chi connectivity index (χ0v) is 11.2. The Labute approximate surface area is 108 Å². The van der Waals surface area contributed by atoms with Gasteiger partial charge in [-0.2, -0.15) is 0 Å². The summed E-state index contributed by atoms with van der Waals surface area (Å²) in [5, 5.41) is 9.09. The minimum absolute atomic E-state index is 0.0400. The van der Waals surface area contributed by atoms with E-state index in [0.717, 1.165) is 24.2 Å². The van der Waals surface area contributed by atoms with Crippen molar-refractivity contribution in [2.45, 2.75) is 45.2 Å². The van der Waals surface area contributed by atoms with Gasteiger partial charge in [0.1, 0.15) is 0 Å². The first-order chi connectivity index (χ1) is 8.42. The molecule has 0 atom stereocenters. The van der Waals surface area contributed by atoms with Crippen molar-refractivity contribution in [3.8, 4) is 0 Å². The molecule has 0 radical (unpaired) electrons. The van der Waals surface area contributed by atoms with Crippen LogP contribution in [-0.4, -0.2) is 17.6 Å². The maximum Gasteiger partial charge on any atom is 0.319 e. The topological polar surface area (TPSA) is 53.2 Å². The number of hydrogen-bond donors (Lipinski definition) is 3. The van der Waals surface area contributed by atoms with Crippen molar-refractivity contribution in [2.75, 3.05) is 10.6 Å². The van der Waals surface area contributed by atoms with Crippen molar-refractivity contribution in [1.29, 1.82) is 0 Å². The summed E-state index contributed by atoms with van der Waals surface area (Å²) in [7, 11) is 0. The van der Waals surface area contributed by atoms with Gasteiger partial charge in [-0.25, -0.2) is 4.79 Å². The molecule has 18 heavy (non-hydrogen) atoms. The van der Waals surface area contributed by atoms with E-state index in [1.807, 2.05) is 24.3 Å². The normalized spacial score (nSPS) is 15.1. The van der Waals surface area contributed by atoms with Crippen LogP contribution < -0.4 is 16.0 Å².